The van der Waals surface area contributed by atoms with E-state index in [9.17, 15) is 0 Å². The van der Waals surface area contributed by atoms with Gasteiger partial charge in [0.25, 0.3) is 0 Å². The Morgan fingerprint density at radius 3 is 2.67 bits per heavy atom. The van der Waals surface area contributed by atoms with Crippen LogP contribution in [0, 0.1) is 0 Å². The molecule has 0 bridgehead atoms. The van der Waals surface area contributed by atoms with Crippen LogP contribution in [0.15, 0.2) is 24.3 Å². The van der Waals surface area contributed by atoms with E-state index in [0.717, 1.165) is 11.5 Å². The van der Waals surface area contributed by atoms with Gasteiger partial charge < -0.3 is 5.73 Å². The van der Waals surface area contributed by atoms with Gasteiger partial charge in [-0.3, -0.25) is 0 Å². The van der Waals surface area contributed by atoms with Gasteiger partial charge in [-0.25, -0.2) is 0 Å². The highest BCUT2D eigenvalue weighted by molar-refractivity contribution is 5.57. The highest BCUT2D eigenvalue weighted by Crippen LogP contribution is 2.32. The van der Waals surface area contributed by atoms with Crippen LogP contribution in [-0.2, 0) is 0 Å². The molecule has 0 unspecified atom stereocenters. The number of nitrogen functional groups attached to an aromatic ring is 1. The van der Waals surface area contributed by atoms with Gasteiger partial charge >= 0.3 is 0 Å². The summed E-state index contributed by atoms with van der Waals surface area (Å²) in [4.78, 5) is 0. The van der Waals surface area contributed by atoms with E-state index in [2.05, 4.69) is 15.5 Å². The van der Waals surface area contributed by atoms with Crippen molar-refractivity contribution < 1.29 is 0 Å². The third-order valence-corrected chi connectivity index (χ3v) is 3.63. The summed E-state index contributed by atoms with van der Waals surface area (Å²) < 4.78 is 1.80. The quantitative estimate of drug-likeness (QED) is 0.821. The van der Waals surface area contributed by atoms with Crippen LogP contribution < -0.4 is 5.73 Å². The minimum Gasteiger partial charge on any atom is -0.397 e. The SMILES string of the molecule is Nc1ccccc1-n1nnnc1C1CCCCC1. The first-order chi connectivity index (χ1) is 8.86. The van der Waals surface area contributed by atoms with E-state index in [1.54, 1.807) is 4.68 Å². The topological polar surface area (TPSA) is 69.6 Å². The number of anilines is 1. The summed E-state index contributed by atoms with van der Waals surface area (Å²) >= 11 is 0. The Morgan fingerprint density at radius 1 is 1.11 bits per heavy atom. The number of para-hydroxylation sites is 2. The molecule has 0 aliphatic heterocycles. The highest BCUT2D eigenvalue weighted by Gasteiger charge is 2.22. The second-order valence-corrected chi connectivity index (χ2v) is 4.84. The highest BCUT2D eigenvalue weighted by atomic mass is 15.5. The number of hydrogen-bond acceptors (Lipinski definition) is 4. The van der Waals surface area contributed by atoms with Crippen molar-refractivity contribution in [2.24, 2.45) is 0 Å². The van der Waals surface area contributed by atoms with Gasteiger partial charge in [-0.1, -0.05) is 31.4 Å². The maximum atomic E-state index is 5.99. The lowest BCUT2D eigenvalue weighted by molar-refractivity contribution is 0.422. The third-order valence-electron chi connectivity index (χ3n) is 3.63. The van der Waals surface area contributed by atoms with E-state index in [0.29, 0.717) is 11.6 Å². The van der Waals surface area contributed by atoms with Crippen molar-refractivity contribution in [1.82, 2.24) is 20.2 Å². The van der Waals surface area contributed by atoms with Gasteiger partial charge in [0.05, 0.1) is 11.4 Å². The van der Waals surface area contributed by atoms with E-state index in [4.69, 9.17) is 5.73 Å². The van der Waals surface area contributed by atoms with Crippen molar-refractivity contribution in [3.8, 4) is 5.69 Å². The Kier molecular flexibility index (Phi) is 2.96. The Hall–Kier alpha value is -1.91. The zero-order chi connectivity index (χ0) is 12.4. The lowest BCUT2D eigenvalue weighted by Gasteiger charge is -2.20. The van der Waals surface area contributed by atoms with Crippen LogP contribution in [0.25, 0.3) is 5.69 Å². The number of nitrogens with zero attached hydrogens (tertiary/aromatic N) is 4. The van der Waals surface area contributed by atoms with Gasteiger partial charge in [-0.15, -0.1) is 5.10 Å². The molecule has 0 amide bonds. The van der Waals surface area contributed by atoms with Crippen LogP contribution in [0.3, 0.4) is 0 Å². The van der Waals surface area contributed by atoms with Crippen LogP contribution in [-0.4, -0.2) is 20.2 Å². The van der Waals surface area contributed by atoms with Crippen molar-refractivity contribution in [3.05, 3.63) is 30.1 Å². The van der Waals surface area contributed by atoms with Crippen LogP contribution in [0.1, 0.15) is 43.8 Å². The average Bonchev–Trinajstić information content (AvgIpc) is 2.89. The number of rotatable bonds is 2. The smallest absolute Gasteiger partial charge is 0.159 e. The normalized spacial score (nSPS) is 16.9. The molecule has 5 heteroatoms. The molecule has 3 rings (SSSR count). The van der Waals surface area contributed by atoms with Crippen LogP contribution in [0.5, 0.6) is 0 Å². The summed E-state index contributed by atoms with van der Waals surface area (Å²) in [7, 11) is 0. The molecular weight excluding hydrogens is 226 g/mol. The number of benzene rings is 1. The molecule has 0 saturated heterocycles. The fraction of sp³-hybridized carbons (Fsp3) is 0.462. The largest absolute Gasteiger partial charge is 0.397 e. The van der Waals surface area contributed by atoms with Gasteiger partial charge in [0.15, 0.2) is 5.82 Å². The summed E-state index contributed by atoms with van der Waals surface area (Å²) in [5, 5.41) is 12.1. The zero-order valence-corrected chi connectivity index (χ0v) is 10.3. The minimum absolute atomic E-state index is 0.466. The summed E-state index contributed by atoms with van der Waals surface area (Å²) in [6.07, 6.45) is 6.20. The van der Waals surface area contributed by atoms with Crippen molar-refractivity contribution in [1.29, 1.82) is 0 Å². The molecule has 1 heterocycles. The molecule has 1 saturated carbocycles. The van der Waals surface area contributed by atoms with Gasteiger partial charge in [-0.05, 0) is 35.4 Å². The Bertz CT molecular complexity index is 528. The molecule has 1 aliphatic rings. The van der Waals surface area contributed by atoms with Crippen molar-refractivity contribution in [2.45, 2.75) is 38.0 Å². The maximum absolute atomic E-state index is 5.99. The molecular formula is C13H17N5. The van der Waals surface area contributed by atoms with E-state index < -0.39 is 0 Å². The average molecular weight is 243 g/mol. The predicted octanol–water partition coefficient (Wildman–Crippen LogP) is 2.29. The molecule has 0 radical (unpaired) electrons. The van der Waals surface area contributed by atoms with Crippen LogP contribution >= 0.6 is 0 Å². The first-order valence-corrected chi connectivity index (χ1v) is 6.49. The van der Waals surface area contributed by atoms with Gasteiger partial charge in [-0.2, -0.15) is 4.68 Å². The van der Waals surface area contributed by atoms with Gasteiger partial charge in [0.1, 0.15) is 0 Å². The Labute approximate surface area is 106 Å². The molecule has 2 aromatic rings. The van der Waals surface area contributed by atoms with E-state index in [1.165, 1.54) is 32.1 Å². The molecule has 94 valence electrons. The summed E-state index contributed by atoms with van der Waals surface area (Å²) in [6.45, 7) is 0. The first kappa shape index (κ1) is 11.2. The summed E-state index contributed by atoms with van der Waals surface area (Å²) in [5.41, 5.74) is 7.58. The molecule has 18 heavy (non-hydrogen) atoms. The second-order valence-electron chi connectivity index (χ2n) is 4.84. The lowest BCUT2D eigenvalue weighted by Crippen LogP contribution is -2.13. The summed E-state index contributed by atoms with van der Waals surface area (Å²) in [6, 6.07) is 7.71. The summed E-state index contributed by atoms with van der Waals surface area (Å²) in [5.74, 6) is 1.42. The molecule has 0 atom stereocenters. The molecule has 2 N–H and O–H groups in total. The Morgan fingerprint density at radius 2 is 1.89 bits per heavy atom. The third kappa shape index (κ3) is 1.96. The van der Waals surface area contributed by atoms with E-state index in [1.807, 2.05) is 24.3 Å². The van der Waals surface area contributed by atoms with Gasteiger partial charge in [0, 0.05) is 5.92 Å². The number of tetrazole rings is 1. The predicted molar refractivity (Wildman–Crippen MR) is 69.4 cm³/mol. The standard InChI is InChI=1S/C13H17N5/c14-11-8-4-5-9-12(11)18-13(15-16-17-18)10-6-2-1-3-7-10/h4-5,8-10H,1-3,6-7,14H2. The van der Waals surface area contributed by atoms with Crippen LogP contribution in [0.2, 0.25) is 0 Å². The molecule has 1 aromatic heterocycles. The van der Waals surface area contributed by atoms with E-state index >= 15 is 0 Å². The van der Waals surface area contributed by atoms with Crippen molar-refractivity contribution in [2.75, 3.05) is 5.73 Å². The fourth-order valence-corrected chi connectivity index (χ4v) is 2.66. The first-order valence-electron chi connectivity index (χ1n) is 6.49. The minimum atomic E-state index is 0.466. The maximum Gasteiger partial charge on any atom is 0.159 e. The molecule has 1 fully saturated rings. The molecule has 5 nitrogen and oxygen atoms in total. The van der Waals surface area contributed by atoms with Crippen molar-refractivity contribution in [3.63, 3.8) is 0 Å². The second kappa shape index (κ2) is 4.76. The number of hydrogen-bond donors (Lipinski definition) is 1. The fourth-order valence-electron chi connectivity index (χ4n) is 2.66. The number of aromatic nitrogens is 4. The molecule has 1 aromatic carbocycles. The van der Waals surface area contributed by atoms with Gasteiger partial charge in [0.2, 0.25) is 0 Å². The zero-order valence-electron chi connectivity index (χ0n) is 10.3. The Balaban J connectivity index is 1.98. The lowest BCUT2D eigenvalue weighted by atomic mass is 9.88. The van der Waals surface area contributed by atoms with Crippen LogP contribution in [0.4, 0.5) is 5.69 Å². The van der Waals surface area contributed by atoms with Crippen molar-refractivity contribution >= 4 is 5.69 Å². The number of nitrogens with two attached hydrogens (primary N) is 1. The van der Waals surface area contributed by atoms with E-state index in [-0.39, 0.29) is 0 Å². The molecule has 1 aliphatic carbocycles. The molecule has 0 spiro atoms. The monoisotopic (exact) mass is 243 g/mol.